The number of urea groups is 1. The van der Waals surface area contributed by atoms with E-state index >= 15 is 0 Å². The number of hydrogen-bond donors (Lipinski definition) is 2. The predicted molar refractivity (Wildman–Crippen MR) is 101 cm³/mol. The largest absolute Gasteiger partial charge is 0.405 e. The lowest BCUT2D eigenvalue weighted by Crippen LogP contribution is -2.36. The minimum absolute atomic E-state index is 0.351. The van der Waals surface area contributed by atoms with Gasteiger partial charge < -0.3 is 10.6 Å². The van der Waals surface area contributed by atoms with Gasteiger partial charge in [-0.1, -0.05) is 12.1 Å². The maximum atomic E-state index is 12.2. The number of carbonyl (C=O) groups is 1. The zero-order chi connectivity index (χ0) is 21.3. The van der Waals surface area contributed by atoms with Crippen molar-refractivity contribution in [1.82, 2.24) is 34.9 Å². The summed E-state index contributed by atoms with van der Waals surface area (Å²) >= 11 is 0. The molecule has 1 aromatic carbocycles. The molecule has 2 N–H and O–H groups in total. The zero-order valence-corrected chi connectivity index (χ0v) is 15.6. The number of rotatable bonds is 4. The normalized spacial score (nSPS) is 11.6. The van der Waals surface area contributed by atoms with E-state index in [1.165, 1.54) is 0 Å². The molecule has 12 heteroatoms. The molecule has 9 nitrogen and oxygen atoms in total. The highest BCUT2D eigenvalue weighted by atomic mass is 19.4. The van der Waals surface area contributed by atoms with E-state index in [1.807, 2.05) is 28.8 Å². The molecule has 4 rings (SSSR count). The Morgan fingerprint density at radius 3 is 2.73 bits per heavy atom. The fraction of sp³-hybridized carbons (Fsp3) is 0.167. The fourth-order valence-corrected chi connectivity index (χ4v) is 2.92. The number of fused-ring (bicyclic) bond motifs is 1. The van der Waals surface area contributed by atoms with Crippen molar-refractivity contribution in [2.75, 3.05) is 11.9 Å². The van der Waals surface area contributed by atoms with Gasteiger partial charge in [0.25, 0.3) is 0 Å². The molecular weight excluding hydrogens is 401 g/mol. The van der Waals surface area contributed by atoms with Gasteiger partial charge in [0.2, 0.25) is 0 Å². The molecule has 0 fully saturated rings. The molecule has 0 saturated carbocycles. The third-order valence-corrected chi connectivity index (χ3v) is 4.26. The Morgan fingerprint density at radius 1 is 1.17 bits per heavy atom. The first-order valence-corrected chi connectivity index (χ1v) is 8.72. The monoisotopic (exact) mass is 416 g/mol. The molecular formula is C18H15F3N8O. The molecule has 0 bridgehead atoms. The molecule has 154 valence electrons. The molecule has 0 spiro atoms. The lowest BCUT2D eigenvalue weighted by molar-refractivity contribution is -0.122. The molecule has 4 aromatic rings. The molecule has 30 heavy (non-hydrogen) atoms. The second-order valence-electron chi connectivity index (χ2n) is 6.42. The van der Waals surface area contributed by atoms with Crippen LogP contribution in [0.2, 0.25) is 0 Å². The van der Waals surface area contributed by atoms with Crippen molar-refractivity contribution in [2.24, 2.45) is 7.05 Å². The number of halogens is 3. The third kappa shape index (κ3) is 4.06. The van der Waals surface area contributed by atoms with Gasteiger partial charge in [-0.3, -0.25) is 4.40 Å². The van der Waals surface area contributed by atoms with Gasteiger partial charge in [0.15, 0.2) is 5.82 Å². The lowest BCUT2D eigenvalue weighted by Gasteiger charge is -2.11. The number of hydrogen-bond acceptors (Lipinski definition) is 5. The van der Waals surface area contributed by atoms with E-state index in [9.17, 15) is 18.0 Å². The standard InChI is InChI=1S/C18H15F3N8O/c1-28-16(25-26-27-28)12-5-6-29-14(9-22-15(29)8-12)11-3-2-4-13(7-11)24-17(30)23-10-18(19,20)21/h2-9H,10H2,1H3,(H2,23,24,30). The third-order valence-electron chi connectivity index (χ3n) is 4.26. The fourth-order valence-electron chi connectivity index (χ4n) is 2.92. The van der Waals surface area contributed by atoms with E-state index in [2.05, 4.69) is 25.8 Å². The van der Waals surface area contributed by atoms with E-state index in [1.54, 1.807) is 41.4 Å². The van der Waals surface area contributed by atoms with E-state index in [-0.39, 0.29) is 0 Å². The summed E-state index contributed by atoms with van der Waals surface area (Å²) in [6.45, 7) is -1.41. The zero-order valence-electron chi connectivity index (χ0n) is 15.6. The molecule has 0 aliphatic heterocycles. The first-order chi connectivity index (χ1) is 14.3. The van der Waals surface area contributed by atoms with Gasteiger partial charge in [-0.15, -0.1) is 5.10 Å². The van der Waals surface area contributed by atoms with Crippen LogP contribution in [0.5, 0.6) is 0 Å². The van der Waals surface area contributed by atoms with Crippen LogP contribution in [0.4, 0.5) is 23.7 Å². The Hall–Kier alpha value is -3.96. The minimum atomic E-state index is -4.48. The number of imidazole rings is 1. The lowest BCUT2D eigenvalue weighted by atomic mass is 10.1. The Kier molecular flexibility index (Phi) is 4.82. The summed E-state index contributed by atoms with van der Waals surface area (Å²) in [4.78, 5) is 16.1. The molecule has 0 saturated heterocycles. The number of aryl methyl sites for hydroxylation is 1. The number of alkyl halides is 3. The number of nitrogens with zero attached hydrogens (tertiary/aromatic N) is 6. The number of nitrogens with one attached hydrogen (secondary N) is 2. The van der Waals surface area contributed by atoms with Gasteiger partial charge in [0.05, 0.1) is 11.9 Å². The summed E-state index contributed by atoms with van der Waals surface area (Å²) in [5.74, 6) is 0.595. The predicted octanol–water partition coefficient (Wildman–Crippen LogP) is 2.88. The molecule has 0 aliphatic rings. The number of anilines is 1. The highest BCUT2D eigenvalue weighted by Gasteiger charge is 2.27. The number of benzene rings is 1. The van der Waals surface area contributed by atoms with E-state index in [4.69, 9.17) is 0 Å². The van der Waals surface area contributed by atoms with Gasteiger partial charge in [-0.25, -0.2) is 14.5 Å². The highest BCUT2D eigenvalue weighted by molar-refractivity contribution is 5.90. The van der Waals surface area contributed by atoms with Gasteiger partial charge >= 0.3 is 12.2 Å². The van der Waals surface area contributed by atoms with Crippen molar-refractivity contribution in [3.05, 3.63) is 48.8 Å². The summed E-state index contributed by atoms with van der Waals surface area (Å²) in [6.07, 6.45) is -0.996. The topological polar surface area (TPSA) is 102 Å². The maximum Gasteiger partial charge on any atom is 0.405 e. The van der Waals surface area contributed by atoms with Crippen molar-refractivity contribution in [1.29, 1.82) is 0 Å². The van der Waals surface area contributed by atoms with Crippen molar-refractivity contribution in [2.45, 2.75) is 6.18 Å². The Labute approximate surface area is 167 Å². The molecule has 0 aliphatic carbocycles. The summed E-state index contributed by atoms with van der Waals surface area (Å²) in [7, 11) is 1.74. The van der Waals surface area contributed by atoms with E-state index < -0.39 is 18.8 Å². The van der Waals surface area contributed by atoms with Crippen LogP contribution in [-0.2, 0) is 7.05 Å². The molecule has 3 aromatic heterocycles. The van der Waals surface area contributed by atoms with Crippen LogP contribution in [0.3, 0.4) is 0 Å². The average molecular weight is 416 g/mol. The van der Waals surface area contributed by atoms with E-state index in [0.29, 0.717) is 17.2 Å². The Bertz CT molecular complexity index is 1210. The summed E-state index contributed by atoms with van der Waals surface area (Å²) < 4.78 is 40.1. The Balaban J connectivity index is 1.58. The van der Waals surface area contributed by atoms with E-state index in [0.717, 1.165) is 16.8 Å². The highest BCUT2D eigenvalue weighted by Crippen LogP contribution is 2.26. The summed E-state index contributed by atoms with van der Waals surface area (Å²) in [5, 5.41) is 15.6. The number of amides is 2. The first-order valence-electron chi connectivity index (χ1n) is 8.72. The molecule has 0 atom stereocenters. The van der Waals surface area contributed by atoms with Gasteiger partial charge in [-0.2, -0.15) is 13.2 Å². The molecule has 2 amide bonds. The number of carbonyl (C=O) groups excluding carboxylic acids is 1. The van der Waals surface area contributed by atoms with Crippen LogP contribution in [0.25, 0.3) is 28.3 Å². The maximum absolute atomic E-state index is 12.2. The van der Waals surface area contributed by atoms with Crippen molar-refractivity contribution < 1.29 is 18.0 Å². The smallest absolute Gasteiger partial charge is 0.329 e. The van der Waals surface area contributed by atoms with Crippen LogP contribution in [-0.4, -0.2) is 48.3 Å². The van der Waals surface area contributed by atoms with Crippen molar-refractivity contribution in [3.63, 3.8) is 0 Å². The average Bonchev–Trinajstić information content (AvgIpc) is 3.31. The summed E-state index contributed by atoms with van der Waals surface area (Å²) in [6, 6.07) is 9.47. The SMILES string of the molecule is Cn1nnnc1-c1ccn2c(-c3cccc(NC(=O)NCC(F)(F)F)c3)cnc2c1. The van der Waals surface area contributed by atoms with Crippen LogP contribution >= 0.6 is 0 Å². The van der Waals surface area contributed by atoms with Gasteiger partial charge in [0.1, 0.15) is 12.2 Å². The number of pyridine rings is 1. The molecule has 0 unspecified atom stereocenters. The van der Waals surface area contributed by atoms with Crippen molar-refractivity contribution in [3.8, 4) is 22.6 Å². The second-order valence-corrected chi connectivity index (χ2v) is 6.42. The summed E-state index contributed by atoms with van der Waals surface area (Å²) in [5.41, 5.74) is 3.27. The van der Waals surface area contributed by atoms with Crippen LogP contribution in [0.1, 0.15) is 0 Å². The second kappa shape index (κ2) is 7.46. The number of tetrazole rings is 1. The minimum Gasteiger partial charge on any atom is -0.329 e. The van der Waals surface area contributed by atoms with Gasteiger partial charge in [0, 0.05) is 30.1 Å². The van der Waals surface area contributed by atoms with Crippen LogP contribution < -0.4 is 10.6 Å². The number of aromatic nitrogens is 6. The van der Waals surface area contributed by atoms with Crippen molar-refractivity contribution >= 4 is 17.4 Å². The first kappa shape index (κ1) is 19.4. The molecule has 0 radical (unpaired) electrons. The molecule has 3 heterocycles. The van der Waals surface area contributed by atoms with Crippen LogP contribution in [0, 0.1) is 0 Å². The Morgan fingerprint density at radius 2 is 2.00 bits per heavy atom. The van der Waals surface area contributed by atoms with Gasteiger partial charge in [-0.05, 0) is 34.7 Å². The van der Waals surface area contributed by atoms with Crippen LogP contribution in [0.15, 0.2) is 48.8 Å². The quantitative estimate of drug-likeness (QED) is 0.533.